The SMILES string of the molecule is CN(Cc1cn2c([N+]3(C(C)(C)C)CCC(NC(=O)O)CC3)cccc2n1)C1CCCc2cccnc21. The van der Waals surface area contributed by atoms with Crippen molar-refractivity contribution < 1.29 is 9.90 Å². The van der Waals surface area contributed by atoms with Crippen molar-refractivity contribution in [2.24, 2.45) is 0 Å². The maximum atomic E-state index is 11.2. The molecule has 0 spiro atoms. The summed E-state index contributed by atoms with van der Waals surface area (Å²) in [6.07, 6.45) is 8.24. The number of carboxylic acid groups (broad SMARTS) is 1. The van der Waals surface area contributed by atoms with Crippen molar-refractivity contribution in [3.05, 3.63) is 59.7 Å². The van der Waals surface area contributed by atoms with Gasteiger partial charge in [-0.3, -0.25) is 18.8 Å². The molecule has 1 saturated heterocycles. The Labute approximate surface area is 213 Å². The molecule has 0 saturated carbocycles. The number of aromatic nitrogens is 3. The minimum absolute atomic E-state index is 0.00859. The highest BCUT2D eigenvalue weighted by molar-refractivity contribution is 5.65. The number of hydrogen-bond acceptors (Lipinski definition) is 4. The lowest BCUT2D eigenvalue weighted by atomic mass is 9.91. The molecule has 0 radical (unpaired) electrons. The Kier molecular flexibility index (Phi) is 6.51. The van der Waals surface area contributed by atoms with Gasteiger partial charge < -0.3 is 10.4 Å². The number of aryl methyl sites for hydroxylation is 1. The van der Waals surface area contributed by atoms with Crippen LogP contribution in [0, 0.1) is 0 Å². The van der Waals surface area contributed by atoms with E-state index < -0.39 is 6.09 Å². The first-order valence-electron chi connectivity index (χ1n) is 13.2. The smallest absolute Gasteiger partial charge is 0.404 e. The molecule has 8 nitrogen and oxygen atoms in total. The van der Waals surface area contributed by atoms with Gasteiger partial charge in [0.2, 0.25) is 5.82 Å². The van der Waals surface area contributed by atoms with Crippen LogP contribution in [0.3, 0.4) is 0 Å². The summed E-state index contributed by atoms with van der Waals surface area (Å²) in [4.78, 5) is 23.4. The maximum Gasteiger partial charge on any atom is 0.404 e. The number of likely N-dealkylation sites (tertiary alicyclic amines) is 1. The normalized spacial score (nSPS) is 24.6. The molecule has 1 aliphatic heterocycles. The summed E-state index contributed by atoms with van der Waals surface area (Å²) in [5.41, 5.74) is 4.57. The minimum atomic E-state index is -0.933. The molecule has 1 amide bonds. The van der Waals surface area contributed by atoms with Gasteiger partial charge in [-0.15, -0.1) is 0 Å². The van der Waals surface area contributed by atoms with Crippen molar-refractivity contribution in [2.45, 2.75) is 77.0 Å². The molecule has 0 aromatic carbocycles. The van der Waals surface area contributed by atoms with Crippen LogP contribution in [0.4, 0.5) is 10.6 Å². The number of nitrogens with one attached hydrogen (secondary N) is 1. The van der Waals surface area contributed by atoms with Gasteiger partial charge in [0.1, 0.15) is 5.65 Å². The van der Waals surface area contributed by atoms with E-state index >= 15 is 0 Å². The van der Waals surface area contributed by atoms with Gasteiger partial charge in [0.25, 0.3) is 0 Å². The predicted octanol–water partition coefficient (Wildman–Crippen LogP) is 4.77. The lowest BCUT2D eigenvalue weighted by Crippen LogP contribution is -2.67. The van der Waals surface area contributed by atoms with Crippen LogP contribution in [-0.2, 0) is 13.0 Å². The Bertz CT molecular complexity index is 1240. The first-order valence-corrected chi connectivity index (χ1v) is 13.2. The van der Waals surface area contributed by atoms with Crippen LogP contribution in [0.15, 0.2) is 42.7 Å². The van der Waals surface area contributed by atoms with Crippen LogP contribution in [-0.4, -0.2) is 62.2 Å². The number of pyridine rings is 2. The Morgan fingerprint density at radius 3 is 2.69 bits per heavy atom. The average Bonchev–Trinajstić information content (AvgIpc) is 3.25. The van der Waals surface area contributed by atoms with Crippen LogP contribution in [0.25, 0.3) is 5.65 Å². The average molecular weight is 492 g/mol. The molecule has 2 N–H and O–H groups in total. The lowest BCUT2D eigenvalue weighted by Gasteiger charge is -2.51. The number of fused-ring (bicyclic) bond motifs is 2. The molecule has 5 rings (SSSR count). The molecule has 8 heteroatoms. The fourth-order valence-corrected chi connectivity index (χ4v) is 6.42. The van der Waals surface area contributed by atoms with Gasteiger partial charge >= 0.3 is 6.09 Å². The summed E-state index contributed by atoms with van der Waals surface area (Å²) in [6.45, 7) is 9.39. The lowest BCUT2D eigenvalue weighted by molar-refractivity contribution is 0.0944. The monoisotopic (exact) mass is 491 g/mol. The number of piperidine rings is 1. The van der Waals surface area contributed by atoms with Crippen LogP contribution >= 0.6 is 0 Å². The largest absolute Gasteiger partial charge is 0.465 e. The Hall–Kier alpha value is -2.97. The molecule has 1 unspecified atom stereocenters. The fourth-order valence-electron chi connectivity index (χ4n) is 6.42. The first-order chi connectivity index (χ1) is 17.2. The number of rotatable bonds is 5. The topological polar surface area (TPSA) is 82.8 Å². The third kappa shape index (κ3) is 4.48. The number of nitrogens with zero attached hydrogens (tertiary/aromatic N) is 5. The van der Waals surface area contributed by atoms with E-state index in [9.17, 15) is 9.90 Å². The van der Waals surface area contributed by atoms with Crippen molar-refractivity contribution >= 4 is 17.6 Å². The number of hydrogen-bond donors (Lipinski definition) is 2. The fraction of sp³-hybridized carbons (Fsp3) is 0.536. The number of carbonyl (C=O) groups is 1. The van der Waals surface area contributed by atoms with Crippen LogP contribution in [0.2, 0.25) is 0 Å². The van der Waals surface area contributed by atoms with E-state index in [0.29, 0.717) is 6.04 Å². The third-order valence-electron chi connectivity index (χ3n) is 8.40. The molecule has 1 atom stereocenters. The molecule has 3 aromatic heterocycles. The van der Waals surface area contributed by atoms with Crippen molar-refractivity contribution in [3.63, 3.8) is 0 Å². The minimum Gasteiger partial charge on any atom is -0.465 e. The molecule has 4 heterocycles. The van der Waals surface area contributed by atoms with Crippen LogP contribution < -0.4 is 9.80 Å². The van der Waals surface area contributed by atoms with Gasteiger partial charge in [-0.05, 0) is 64.8 Å². The third-order valence-corrected chi connectivity index (χ3v) is 8.40. The second-order valence-corrected chi connectivity index (χ2v) is 11.5. The van der Waals surface area contributed by atoms with Gasteiger partial charge in [0.05, 0.1) is 36.1 Å². The molecular formula is C28H39N6O2+. The van der Waals surface area contributed by atoms with Crippen LogP contribution in [0.5, 0.6) is 0 Å². The van der Waals surface area contributed by atoms with E-state index in [4.69, 9.17) is 9.97 Å². The zero-order chi connectivity index (χ0) is 25.5. The summed E-state index contributed by atoms with van der Waals surface area (Å²) >= 11 is 0. The Morgan fingerprint density at radius 2 is 1.97 bits per heavy atom. The molecule has 3 aromatic rings. The van der Waals surface area contributed by atoms with Gasteiger partial charge in [-0.1, -0.05) is 12.1 Å². The van der Waals surface area contributed by atoms with E-state index in [1.807, 2.05) is 12.3 Å². The van der Waals surface area contributed by atoms with E-state index in [0.717, 1.165) is 61.1 Å². The molecule has 1 aliphatic carbocycles. The molecule has 1 fully saturated rings. The Morgan fingerprint density at radius 1 is 1.19 bits per heavy atom. The van der Waals surface area contributed by atoms with Crippen molar-refractivity contribution in [1.29, 1.82) is 0 Å². The van der Waals surface area contributed by atoms with Gasteiger partial charge in [0.15, 0.2) is 0 Å². The van der Waals surface area contributed by atoms with E-state index in [-0.39, 0.29) is 11.6 Å². The predicted molar refractivity (Wildman–Crippen MR) is 142 cm³/mol. The zero-order valence-electron chi connectivity index (χ0n) is 21.9. The second-order valence-electron chi connectivity index (χ2n) is 11.5. The number of quaternary nitrogens is 1. The van der Waals surface area contributed by atoms with E-state index in [1.165, 1.54) is 23.5 Å². The highest BCUT2D eigenvalue weighted by Gasteiger charge is 2.47. The van der Waals surface area contributed by atoms with E-state index in [1.54, 1.807) is 0 Å². The quantitative estimate of drug-likeness (QED) is 0.502. The van der Waals surface area contributed by atoms with Crippen molar-refractivity contribution in [1.82, 2.24) is 29.1 Å². The molecule has 192 valence electrons. The zero-order valence-corrected chi connectivity index (χ0v) is 21.9. The summed E-state index contributed by atoms with van der Waals surface area (Å²) < 4.78 is 3.07. The van der Waals surface area contributed by atoms with Crippen molar-refractivity contribution in [2.75, 3.05) is 20.1 Å². The summed E-state index contributed by atoms with van der Waals surface area (Å²) in [7, 11) is 2.18. The van der Waals surface area contributed by atoms with E-state index in [2.05, 4.69) is 72.9 Å². The summed E-state index contributed by atoms with van der Waals surface area (Å²) in [5, 5.41) is 11.9. The van der Waals surface area contributed by atoms with Gasteiger partial charge in [-0.2, -0.15) is 0 Å². The second kappa shape index (κ2) is 9.48. The molecular weight excluding hydrogens is 452 g/mol. The van der Waals surface area contributed by atoms with Crippen LogP contribution in [0.1, 0.15) is 69.4 Å². The Balaban J connectivity index is 1.44. The number of amides is 1. The summed E-state index contributed by atoms with van der Waals surface area (Å²) in [6, 6.07) is 11.0. The highest BCUT2D eigenvalue weighted by Crippen LogP contribution is 2.38. The highest BCUT2D eigenvalue weighted by atomic mass is 16.4. The van der Waals surface area contributed by atoms with Gasteiger partial charge in [0, 0.05) is 43.9 Å². The molecule has 0 bridgehead atoms. The van der Waals surface area contributed by atoms with Crippen molar-refractivity contribution in [3.8, 4) is 0 Å². The molecule has 2 aliphatic rings. The molecule has 36 heavy (non-hydrogen) atoms. The summed E-state index contributed by atoms with van der Waals surface area (Å²) in [5.74, 6) is 1.22. The first kappa shape index (κ1) is 24.7. The van der Waals surface area contributed by atoms with Gasteiger partial charge in [-0.25, -0.2) is 9.78 Å². The standard InChI is InChI=1S/C28H38N6O2/c1-28(2,3)34(16-13-21(14-17-34)31-27(35)36)25-12-6-11-24-30-22(19-33(24)25)18-32(4)23-10-5-8-20-9-7-15-29-26(20)23/h6-7,9,11-12,15,19,21,23,31H,5,8,10,13-14,16-18H2,1-4H3/p+1. The number of imidazole rings is 1. The maximum absolute atomic E-state index is 11.2.